The molecule has 150 valence electrons. The number of aromatic nitrogens is 2. The van der Waals surface area contributed by atoms with E-state index in [0.717, 1.165) is 25.1 Å². The van der Waals surface area contributed by atoms with Crippen LogP contribution in [-0.2, 0) is 11.3 Å². The Hall–Kier alpha value is -3.19. The van der Waals surface area contributed by atoms with E-state index >= 15 is 0 Å². The number of rotatable bonds is 5. The number of fused-ring (bicyclic) bond motifs is 1. The number of esters is 1. The zero-order valence-corrected chi connectivity index (χ0v) is 16.5. The third-order valence-electron chi connectivity index (χ3n) is 5.39. The van der Waals surface area contributed by atoms with Gasteiger partial charge in [0.15, 0.2) is 0 Å². The maximum Gasteiger partial charge on any atom is 0.337 e. The van der Waals surface area contributed by atoms with Gasteiger partial charge in [0.2, 0.25) is 0 Å². The van der Waals surface area contributed by atoms with Crippen molar-refractivity contribution < 1.29 is 14.3 Å². The zero-order chi connectivity index (χ0) is 20.4. The normalized spacial score (nSPS) is 16.8. The first-order valence-corrected chi connectivity index (χ1v) is 9.58. The van der Waals surface area contributed by atoms with Gasteiger partial charge in [0.1, 0.15) is 11.6 Å². The number of H-pyrrole nitrogens is 1. The number of methoxy groups -OCH3 is 2. The second-order valence-corrected chi connectivity index (χ2v) is 7.14. The molecule has 1 aliphatic rings. The minimum atomic E-state index is -0.449. The summed E-state index contributed by atoms with van der Waals surface area (Å²) in [5.41, 5.74) is 1.88. The Morgan fingerprint density at radius 2 is 2.00 bits per heavy atom. The molecule has 0 saturated carbocycles. The molecule has 3 aromatic rings. The molecule has 1 N–H and O–H groups in total. The van der Waals surface area contributed by atoms with Crippen molar-refractivity contribution in [3.8, 4) is 5.75 Å². The van der Waals surface area contributed by atoms with Crippen LogP contribution in [0.5, 0.6) is 5.75 Å². The molecule has 29 heavy (non-hydrogen) atoms. The molecule has 2 aromatic carbocycles. The van der Waals surface area contributed by atoms with Crippen LogP contribution in [0.1, 0.15) is 40.6 Å². The van der Waals surface area contributed by atoms with Crippen LogP contribution in [0.25, 0.3) is 10.9 Å². The van der Waals surface area contributed by atoms with Gasteiger partial charge in [-0.05, 0) is 55.3 Å². The monoisotopic (exact) mass is 393 g/mol. The molecule has 0 spiro atoms. The summed E-state index contributed by atoms with van der Waals surface area (Å²) in [6.45, 7) is 1.46. The molecule has 1 aliphatic heterocycles. The average molecular weight is 393 g/mol. The number of aromatic amines is 1. The Morgan fingerprint density at radius 1 is 1.21 bits per heavy atom. The Labute approximate surface area is 168 Å². The van der Waals surface area contributed by atoms with E-state index in [1.165, 1.54) is 12.7 Å². The number of nitrogens with zero attached hydrogens (tertiary/aromatic N) is 2. The third kappa shape index (κ3) is 3.86. The van der Waals surface area contributed by atoms with Gasteiger partial charge < -0.3 is 14.5 Å². The summed E-state index contributed by atoms with van der Waals surface area (Å²) >= 11 is 0. The SMILES string of the molecule is COC(=O)c1ccc2c(=O)[nH]c(CN3CCC[C@@H]3c3ccc(OC)cc3)nc2c1. The Bertz CT molecular complexity index is 1090. The van der Waals surface area contributed by atoms with Crippen molar-refractivity contribution in [3.63, 3.8) is 0 Å². The molecular weight excluding hydrogens is 370 g/mol. The molecule has 7 heteroatoms. The molecule has 1 saturated heterocycles. The minimum Gasteiger partial charge on any atom is -0.497 e. The number of hydrogen-bond donors (Lipinski definition) is 1. The Kier molecular flexibility index (Phi) is 5.31. The van der Waals surface area contributed by atoms with Gasteiger partial charge in [-0.25, -0.2) is 9.78 Å². The number of nitrogens with one attached hydrogen (secondary N) is 1. The van der Waals surface area contributed by atoms with Crippen molar-refractivity contribution in [3.05, 3.63) is 69.8 Å². The number of ether oxygens (including phenoxy) is 2. The number of carbonyl (C=O) groups excluding carboxylic acids is 1. The predicted molar refractivity (Wildman–Crippen MR) is 109 cm³/mol. The lowest BCUT2D eigenvalue weighted by atomic mass is 10.0. The van der Waals surface area contributed by atoms with Crippen molar-refractivity contribution in [1.82, 2.24) is 14.9 Å². The summed E-state index contributed by atoms with van der Waals surface area (Å²) in [4.78, 5) is 34.1. The lowest BCUT2D eigenvalue weighted by molar-refractivity contribution is 0.0601. The van der Waals surface area contributed by atoms with Crippen molar-refractivity contribution in [2.24, 2.45) is 0 Å². The molecule has 0 amide bonds. The molecule has 4 rings (SSSR count). The van der Waals surface area contributed by atoms with Gasteiger partial charge in [0.25, 0.3) is 5.56 Å². The first kappa shape index (κ1) is 19.1. The van der Waals surface area contributed by atoms with Crippen LogP contribution >= 0.6 is 0 Å². The first-order chi connectivity index (χ1) is 14.1. The minimum absolute atomic E-state index is 0.207. The summed E-state index contributed by atoms with van der Waals surface area (Å²) in [6, 6.07) is 13.2. The maximum absolute atomic E-state index is 12.5. The molecular formula is C22H23N3O4. The highest BCUT2D eigenvalue weighted by molar-refractivity contribution is 5.93. The van der Waals surface area contributed by atoms with Crippen LogP contribution in [0.2, 0.25) is 0 Å². The van der Waals surface area contributed by atoms with Gasteiger partial charge in [0.05, 0.1) is 37.2 Å². The van der Waals surface area contributed by atoms with Crippen LogP contribution in [0.3, 0.4) is 0 Å². The summed E-state index contributed by atoms with van der Waals surface area (Å²) < 4.78 is 10.0. The van der Waals surface area contributed by atoms with Gasteiger partial charge in [-0.3, -0.25) is 9.69 Å². The molecule has 0 unspecified atom stereocenters. The second-order valence-electron chi connectivity index (χ2n) is 7.14. The van der Waals surface area contributed by atoms with E-state index in [2.05, 4.69) is 27.0 Å². The van der Waals surface area contributed by atoms with Crippen LogP contribution in [0.15, 0.2) is 47.3 Å². The standard InChI is InChI=1S/C22H23N3O4/c1-28-16-8-5-14(6-9-16)19-4-3-11-25(19)13-20-23-18-12-15(22(27)29-2)7-10-17(18)21(26)24-20/h5-10,12,19H,3-4,11,13H2,1-2H3,(H,23,24,26)/t19-/m1/s1. The topological polar surface area (TPSA) is 84.5 Å². The fourth-order valence-electron chi connectivity index (χ4n) is 3.92. The summed E-state index contributed by atoms with van der Waals surface area (Å²) in [5, 5.41) is 0.453. The van der Waals surface area contributed by atoms with Crippen molar-refractivity contribution in [2.75, 3.05) is 20.8 Å². The third-order valence-corrected chi connectivity index (χ3v) is 5.39. The molecule has 2 heterocycles. The second kappa shape index (κ2) is 8.05. The average Bonchev–Trinajstić information content (AvgIpc) is 3.20. The Balaban J connectivity index is 1.61. The zero-order valence-electron chi connectivity index (χ0n) is 16.5. The summed E-state index contributed by atoms with van der Waals surface area (Å²) in [5.74, 6) is 0.972. The van der Waals surface area contributed by atoms with Crippen LogP contribution in [0, 0.1) is 0 Å². The smallest absolute Gasteiger partial charge is 0.337 e. The highest BCUT2D eigenvalue weighted by Gasteiger charge is 2.26. The highest BCUT2D eigenvalue weighted by Crippen LogP contribution is 2.33. The van der Waals surface area contributed by atoms with Crippen LogP contribution in [0.4, 0.5) is 0 Å². The van der Waals surface area contributed by atoms with Gasteiger partial charge in [0, 0.05) is 6.04 Å². The highest BCUT2D eigenvalue weighted by atomic mass is 16.5. The van der Waals surface area contributed by atoms with Gasteiger partial charge in [-0.1, -0.05) is 12.1 Å². The van der Waals surface area contributed by atoms with Crippen LogP contribution < -0.4 is 10.3 Å². The largest absolute Gasteiger partial charge is 0.497 e. The first-order valence-electron chi connectivity index (χ1n) is 9.58. The van der Waals surface area contributed by atoms with Crippen molar-refractivity contribution >= 4 is 16.9 Å². The van der Waals surface area contributed by atoms with Gasteiger partial charge >= 0.3 is 5.97 Å². The number of likely N-dealkylation sites (tertiary alicyclic amines) is 1. The quantitative estimate of drug-likeness (QED) is 0.671. The van der Waals surface area contributed by atoms with E-state index in [4.69, 9.17) is 9.47 Å². The maximum atomic E-state index is 12.5. The van der Waals surface area contributed by atoms with E-state index in [1.54, 1.807) is 25.3 Å². The molecule has 7 nitrogen and oxygen atoms in total. The van der Waals surface area contributed by atoms with E-state index in [1.807, 2.05) is 12.1 Å². The van der Waals surface area contributed by atoms with E-state index in [-0.39, 0.29) is 11.6 Å². The molecule has 1 fully saturated rings. The van der Waals surface area contributed by atoms with Crippen molar-refractivity contribution in [1.29, 1.82) is 0 Å². The summed E-state index contributed by atoms with van der Waals surface area (Å²) in [7, 11) is 2.99. The van der Waals surface area contributed by atoms with Gasteiger partial charge in [-0.15, -0.1) is 0 Å². The Morgan fingerprint density at radius 3 is 2.72 bits per heavy atom. The van der Waals surface area contributed by atoms with E-state index in [9.17, 15) is 9.59 Å². The lowest BCUT2D eigenvalue weighted by Crippen LogP contribution is -2.25. The molecule has 1 aromatic heterocycles. The van der Waals surface area contributed by atoms with Crippen molar-refractivity contribution in [2.45, 2.75) is 25.4 Å². The lowest BCUT2D eigenvalue weighted by Gasteiger charge is -2.24. The van der Waals surface area contributed by atoms with E-state index in [0.29, 0.717) is 28.8 Å². The molecule has 1 atom stereocenters. The number of carbonyl (C=O) groups is 1. The number of benzene rings is 2. The molecule has 0 aliphatic carbocycles. The van der Waals surface area contributed by atoms with Crippen LogP contribution in [-0.4, -0.2) is 41.6 Å². The van der Waals surface area contributed by atoms with E-state index < -0.39 is 5.97 Å². The molecule has 0 radical (unpaired) electrons. The predicted octanol–water partition coefficient (Wildman–Crippen LogP) is 3.06. The number of hydrogen-bond acceptors (Lipinski definition) is 6. The fourth-order valence-corrected chi connectivity index (χ4v) is 3.92. The van der Waals surface area contributed by atoms with Gasteiger partial charge in [-0.2, -0.15) is 0 Å². The fraction of sp³-hybridized carbons (Fsp3) is 0.318. The molecule has 0 bridgehead atoms. The summed E-state index contributed by atoms with van der Waals surface area (Å²) in [6.07, 6.45) is 2.14.